The van der Waals surface area contributed by atoms with Crippen molar-refractivity contribution in [1.82, 2.24) is 15.3 Å². The Morgan fingerprint density at radius 1 is 1.17 bits per heavy atom. The SMILES string of the molecule is CN(C)c1cc(CNC(=O)c2cccnc2)c2ccccc2n1. The molecule has 0 unspecified atom stereocenters. The minimum atomic E-state index is -0.134. The number of rotatable bonds is 4. The Morgan fingerprint density at radius 3 is 2.74 bits per heavy atom. The molecule has 0 aliphatic carbocycles. The van der Waals surface area contributed by atoms with Gasteiger partial charge in [0.1, 0.15) is 5.82 Å². The van der Waals surface area contributed by atoms with E-state index in [-0.39, 0.29) is 5.91 Å². The average Bonchev–Trinajstić information content (AvgIpc) is 2.59. The number of nitrogens with one attached hydrogen (secondary N) is 1. The number of hydrogen-bond acceptors (Lipinski definition) is 4. The zero-order valence-electron chi connectivity index (χ0n) is 13.2. The smallest absolute Gasteiger partial charge is 0.253 e. The minimum Gasteiger partial charge on any atom is -0.363 e. The molecular formula is C18H18N4O. The van der Waals surface area contributed by atoms with Crippen LogP contribution in [0.25, 0.3) is 10.9 Å². The number of aromatic nitrogens is 2. The van der Waals surface area contributed by atoms with Crippen molar-refractivity contribution in [1.29, 1.82) is 0 Å². The summed E-state index contributed by atoms with van der Waals surface area (Å²) in [5.41, 5.74) is 2.51. The lowest BCUT2D eigenvalue weighted by molar-refractivity contribution is 0.0950. The maximum absolute atomic E-state index is 12.2. The Hall–Kier alpha value is -2.95. The molecule has 5 heteroatoms. The number of fused-ring (bicyclic) bond motifs is 1. The highest BCUT2D eigenvalue weighted by Gasteiger charge is 2.09. The van der Waals surface area contributed by atoms with E-state index in [9.17, 15) is 4.79 Å². The van der Waals surface area contributed by atoms with E-state index in [1.165, 1.54) is 0 Å². The topological polar surface area (TPSA) is 58.1 Å². The second kappa shape index (κ2) is 6.44. The molecule has 1 N–H and O–H groups in total. The van der Waals surface area contributed by atoms with E-state index >= 15 is 0 Å². The Balaban J connectivity index is 1.88. The first kappa shape index (κ1) is 15.0. The van der Waals surface area contributed by atoms with Gasteiger partial charge in [-0.25, -0.2) is 4.98 Å². The molecule has 0 radical (unpaired) electrons. The molecule has 1 aromatic carbocycles. The molecule has 0 fully saturated rings. The van der Waals surface area contributed by atoms with Crippen LogP contribution in [-0.4, -0.2) is 30.0 Å². The number of hydrogen-bond donors (Lipinski definition) is 1. The monoisotopic (exact) mass is 306 g/mol. The molecule has 2 heterocycles. The summed E-state index contributed by atoms with van der Waals surface area (Å²) in [6.07, 6.45) is 3.21. The van der Waals surface area contributed by atoms with Gasteiger partial charge in [-0.15, -0.1) is 0 Å². The summed E-state index contributed by atoms with van der Waals surface area (Å²) >= 11 is 0. The van der Waals surface area contributed by atoms with Crippen LogP contribution in [-0.2, 0) is 6.54 Å². The van der Waals surface area contributed by atoms with Gasteiger partial charge in [0, 0.05) is 38.4 Å². The summed E-state index contributed by atoms with van der Waals surface area (Å²) in [5.74, 6) is 0.736. The van der Waals surface area contributed by atoms with Gasteiger partial charge in [-0.2, -0.15) is 0 Å². The van der Waals surface area contributed by atoms with Gasteiger partial charge in [-0.05, 0) is 29.8 Å². The summed E-state index contributed by atoms with van der Waals surface area (Å²) < 4.78 is 0. The van der Waals surface area contributed by atoms with Crippen LogP contribution in [0.1, 0.15) is 15.9 Å². The van der Waals surface area contributed by atoms with Crippen LogP contribution in [0.5, 0.6) is 0 Å². The van der Waals surface area contributed by atoms with E-state index in [1.54, 1.807) is 24.5 Å². The van der Waals surface area contributed by atoms with Crippen molar-refractivity contribution in [3.05, 3.63) is 66.0 Å². The standard InChI is InChI=1S/C18H18N4O/c1-22(2)17-10-14(15-7-3-4-8-16(15)21-17)12-20-18(23)13-6-5-9-19-11-13/h3-11H,12H2,1-2H3,(H,20,23). The molecule has 0 saturated heterocycles. The molecule has 0 spiro atoms. The average molecular weight is 306 g/mol. The van der Waals surface area contributed by atoms with E-state index in [4.69, 9.17) is 0 Å². The van der Waals surface area contributed by atoms with Gasteiger partial charge in [0.15, 0.2) is 0 Å². The number of benzene rings is 1. The van der Waals surface area contributed by atoms with Crippen molar-refractivity contribution < 1.29 is 4.79 Å². The quantitative estimate of drug-likeness (QED) is 0.805. The van der Waals surface area contributed by atoms with Gasteiger partial charge in [0.25, 0.3) is 5.91 Å². The molecule has 23 heavy (non-hydrogen) atoms. The highest BCUT2D eigenvalue weighted by atomic mass is 16.1. The summed E-state index contributed by atoms with van der Waals surface area (Å²) in [7, 11) is 3.91. The van der Waals surface area contributed by atoms with Gasteiger partial charge in [-0.1, -0.05) is 18.2 Å². The largest absolute Gasteiger partial charge is 0.363 e. The van der Waals surface area contributed by atoms with E-state index in [1.807, 2.05) is 49.3 Å². The van der Waals surface area contributed by atoms with Gasteiger partial charge in [0.2, 0.25) is 0 Å². The molecule has 0 aliphatic rings. The predicted octanol–water partition coefficient (Wildman–Crippen LogP) is 2.63. The second-order valence-electron chi connectivity index (χ2n) is 5.48. The maximum Gasteiger partial charge on any atom is 0.253 e. The van der Waals surface area contributed by atoms with Crippen LogP contribution in [0.3, 0.4) is 0 Å². The van der Waals surface area contributed by atoms with Crippen molar-refractivity contribution in [2.24, 2.45) is 0 Å². The highest BCUT2D eigenvalue weighted by molar-refractivity contribution is 5.94. The number of nitrogens with zero attached hydrogens (tertiary/aromatic N) is 3. The summed E-state index contributed by atoms with van der Waals surface area (Å²) in [4.78, 5) is 22.7. The summed E-state index contributed by atoms with van der Waals surface area (Å²) in [6.45, 7) is 0.442. The van der Waals surface area contributed by atoms with Gasteiger partial charge in [0.05, 0.1) is 11.1 Å². The third-order valence-electron chi connectivity index (χ3n) is 3.61. The van der Waals surface area contributed by atoms with Crippen LogP contribution < -0.4 is 10.2 Å². The third kappa shape index (κ3) is 3.29. The van der Waals surface area contributed by atoms with E-state index in [0.717, 1.165) is 22.3 Å². The first-order chi connectivity index (χ1) is 11.1. The fraction of sp³-hybridized carbons (Fsp3) is 0.167. The first-order valence-electron chi connectivity index (χ1n) is 7.39. The van der Waals surface area contributed by atoms with Crippen LogP contribution >= 0.6 is 0 Å². The van der Waals surface area contributed by atoms with Gasteiger partial charge >= 0.3 is 0 Å². The van der Waals surface area contributed by atoms with Crippen LogP contribution in [0.15, 0.2) is 54.9 Å². The van der Waals surface area contributed by atoms with E-state index < -0.39 is 0 Å². The summed E-state index contributed by atoms with van der Waals surface area (Å²) in [5, 5.41) is 3.99. The normalized spacial score (nSPS) is 10.5. The number of carbonyl (C=O) groups is 1. The van der Waals surface area contributed by atoms with Crippen LogP contribution in [0.2, 0.25) is 0 Å². The van der Waals surface area contributed by atoms with Crippen molar-refractivity contribution in [2.45, 2.75) is 6.54 Å². The fourth-order valence-electron chi connectivity index (χ4n) is 2.38. The van der Waals surface area contributed by atoms with Crippen molar-refractivity contribution in [3.8, 4) is 0 Å². The molecule has 0 saturated carbocycles. The first-order valence-corrected chi connectivity index (χ1v) is 7.39. The number of carbonyl (C=O) groups excluding carboxylic acids is 1. The zero-order chi connectivity index (χ0) is 16.2. The van der Waals surface area contributed by atoms with Crippen LogP contribution in [0, 0.1) is 0 Å². The summed E-state index contributed by atoms with van der Waals surface area (Å²) in [6, 6.07) is 13.5. The number of para-hydroxylation sites is 1. The molecule has 2 aromatic heterocycles. The molecule has 0 bridgehead atoms. The van der Waals surface area contributed by atoms with Gasteiger partial charge in [-0.3, -0.25) is 9.78 Å². The lowest BCUT2D eigenvalue weighted by Gasteiger charge is -2.15. The highest BCUT2D eigenvalue weighted by Crippen LogP contribution is 2.22. The van der Waals surface area contributed by atoms with Crippen molar-refractivity contribution in [3.63, 3.8) is 0 Å². The van der Waals surface area contributed by atoms with Crippen LogP contribution in [0.4, 0.5) is 5.82 Å². The molecule has 3 aromatic rings. The Bertz CT molecular complexity index is 831. The van der Waals surface area contributed by atoms with Crippen molar-refractivity contribution >= 4 is 22.6 Å². The van der Waals surface area contributed by atoms with E-state index in [0.29, 0.717) is 12.1 Å². The molecule has 116 valence electrons. The molecular weight excluding hydrogens is 288 g/mol. The minimum absolute atomic E-state index is 0.134. The third-order valence-corrected chi connectivity index (χ3v) is 3.61. The van der Waals surface area contributed by atoms with Crippen molar-refractivity contribution in [2.75, 3.05) is 19.0 Å². The second-order valence-corrected chi connectivity index (χ2v) is 5.48. The fourth-order valence-corrected chi connectivity index (χ4v) is 2.38. The molecule has 1 amide bonds. The lowest BCUT2D eigenvalue weighted by atomic mass is 10.1. The Labute approximate surface area is 135 Å². The molecule has 0 aliphatic heterocycles. The van der Waals surface area contributed by atoms with E-state index in [2.05, 4.69) is 15.3 Å². The molecule has 5 nitrogen and oxygen atoms in total. The van der Waals surface area contributed by atoms with Gasteiger partial charge < -0.3 is 10.2 Å². The maximum atomic E-state index is 12.2. The number of amides is 1. The Kier molecular flexibility index (Phi) is 4.19. The number of pyridine rings is 2. The predicted molar refractivity (Wildman–Crippen MR) is 91.5 cm³/mol. The molecule has 3 rings (SSSR count). The Morgan fingerprint density at radius 2 is 2.00 bits per heavy atom. The zero-order valence-corrected chi connectivity index (χ0v) is 13.2. The molecule has 0 atom stereocenters. The lowest BCUT2D eigenvalue weighted by Crippen LogP contribution is -2.23. The number of anilines is 1.